The van der Waals surface area contributed by atoms with Gasteiger partial charge in [0.1, 0.15) is 11.6 Å². The number of aromatic nitrogens is 2. The van der Waals surface area contributed by atoms with Crippen LogP contribution in [0.15, 0.2) is 55.0 Å². The largest absolute Gasteiger partial charge is 0.481 e. The van der Waals surface area contributed by atoms with Crippen molar-refractivity contribution < 1.29 is 37.0 Å². The zero-order valence-corrected chi connectivity index (χ0v) is 22.4. The second-order valence-corrected chi connectivity index (χ2v) is 10.6. The number of methoxy groups -OCH3 is 1. The lowest BCUT2D eigenvalue weighted by atomic mass is 9.77. The minimum atomic E-state index is -2.81. The van der Waals surface area contributed by atoms with Crippen molar-refractivity contribution in [3.05, 3.63) is 83.3 Å². The molecule has 3 heterocycles. The zero-order valence-electron chi connectivity index (χ0n) is 21.6. The van der Waals surface area contributed by atoms with E-state index in [4.69, 9.17) is 16.3 Å². The SMILES string of the molecule is COc1cc([C@@]2(O)C(=O)N(C[C@H]3C[C@@H](C(F)F)[C@H](NC(=O)c4cccnc4)C[C@H]3Cl)c3ccc(F)cc32)c(F)cn1. The Hall–Kier alpha value is -3.77. The molecule has 5 rings (SSSR count). The number of benzene rings is 1. The van der Waals surface area contributed by atoms with Crippen LogP contribution in [0.2, 0.25) is 0 Å². The third-order valence-electron chi connectivity index (χ3n) is 7.69. The molecule has 41 heavy (non-hydrogen) atoms. The summed E-state index contributed by atoms with van der Waals surface area (Å²) in [6, 6.07) is 6.39. The highest BCUT2D eigenvalue weighted by Crippen LogP contribution is 2.47. The quantitative estimate of drug-likeness (QED) is 0.317. The summed E-state index contributed by atoms with van der Waals surface area (Å²) in [6.45, 7) is -0.218. The summed E-state index contributed by atoms with van der Waals surface area (Å²) in [6.07, 6.45) is 0.562. The Morgan fingerprint density at radius 2 is 2.00 bits per heavy atom. The van der Waals surface area contributed by atoms with Crippen molar-refractivity contribution in [2.75, 3.05) is 18.6 Å². The molecular formula is C28H25ClF4N4O4. The molecule has 2 N–H and O–H groups in total. The van der Waals surface area contributed by atoms with E-state index in [0.29, 0.717) is 0 Å². The van der Waals surface area contributed by atoms with E-state index in [0.717, 1.165) is 29.3 Å². The van der Waals surface area contributed by atoms with Crippen LogP contribution in [0.3, 0.4) is 0 Å². The highest BCUT2D eigenvalue weighted by molar-refractivity contribution is 6.21. The molecule has 2 aliphatic rings. The Bertz CT molecular complexity index is 1470. The third kappa shape index (κ3) is 5.21. The van der Waals surface area contributed by atoms with Crippen LogP contribution >= 0.6 is 11.6 Å². The molecule has 1 aliphatic heterocycles. The molecule has 0 unspecified atom stereocenters. The van der Waals surface area contributed by atoms with Crippen LogP contribution < -0.4 is 15.0 Å². The Kier molecular flexibility index (Phi) is 7.89. The lowest BCUT2D eigenvalue weighted by Gasteiger charge is -2.40. The summed E-state index contributed by atoms with van der Waals surface area (Å²) < 4.78 is 62.8. The zero-order chi connectivity index (χ0) is 29.5. The Morgan fingerprint density at radius 1 is 1.22 bits per heavy atom. The number of rotatable bonds is 7. The minimum absolute atomic E-state index is 0.0218. The number of hydrogen-bond acceptors (Lipinski definition) is 6. The van der Waals surface area contributed by atoms with E-state index in [1.54, 1.807) is 6.07 Å². The van der Waals surface area contributed by atoms with Gasteiger partial charge < -0.3 is 20.1 Å². The Balaban J connectivity index is 1.43. The smallest absolute Gasteiger partial charge is 0.268 e. The maximum atomic E-state index is 14.9. The molecule has 0 bridgehead atoms. The molecule has 0 spiro atoms. The van der Waals surface area contributed by atoms with Gasteiger partial charge in [-0.05, 0) is 49.1 Å². The number of carbonyl (C=O) groups is 2. The fraction of sp³-hybridized carbons (Fsp3) is 0.357. The first-order chi connectivity index (χ1) is 19.5. The lowest BCUT2D eigenvalue weighted by molar-refractivity contribution is -0.132. The van der Waals surface area contributed by atoms with Crippen LogP contribution in [0.1, 0.15) is 34.3 Å². The minimum Gasteiger partial charge on any atom is -0.481 e. The van der Waals surface area contributed by atoms with E-state index in [1.165, 1.54) is 31.6 Å². The van der Waals surface area contributed by atoms with Gasteiger partial charge in [0.2, 0.25) is 12.3 Å². The second-order valence-electron chi connectivity index (χ2n) is 10.1. The maximum absolute atomic E-state index is 14.9. The molecular weight excluding hydrogens is 568 g/mol. The van der Waals surface area contributed by atoms with Crippen molar-refractivity contribution in [2.45, 2.75) is 36.3 Å². The van der Waals surface area contributed by atoms with Crippen molar-refractivity contribution in [2.24, 2.45) is 11.8 Å². The molecule has 2 aromatic heterocycles. The Labute approximate surface area is 237 Å². The van der Waals surface area contributed by atoms with Crippen LogP contribution in [0.25, 0.3) is 0 Å². The molecule has 1 aromatic carbocycles. The highest BCUT2D eigenvalue weighted by Gasteiger charge is 2.54. The number of ether oxygens (including phenoxy) is 1. The normalized spacial score (nSPS) is 25.8. The summed E-state index contributed by atoms with van der Waals surface area (Å²) >= 11 is 6.65. The van der Waals surface area contributed by atoms with Gasteiger partial charge in [-0.2, -0.15) is 0 Å². The fourth-order valence-electron chi connectivity index (χ4n) is 5.59. The molecule has 0 saturated heterocycles. The van der Waals surface area contributed by atoms with Crippen LogP contribution in [0, 0.1) is 23.5 Å². The Morgan fingerprint density at radius 3 is 2.68 bits per heavy atom. The fourth-order valence-corrected chi connectivity index (χ4v) is 5.97. The summed E-state index contributed by atoms with van der Waals surface area (Å²) in [5.74, 6) is -5.47. The molecule has 3 aromatic rings. The monoisotopic (exact) mass is 592 g/mol. The van der Waals surface area contributed by atoms with E-state index < -0.39 is 64.3 Å². The van der Waals surface area contributed by atoms with E-state index in [9.17, 15) is 32.3 Å². The molecule has 0 radical (unpaired) electrons. The number of pyridine rings is 2. The molecule has 1 aliphatic carbocycles. The van der Waals surface area contributed by atoms with E-state index >= 15 is 0 Å². The van der Waals surface area contributed by atoms with Gasteiger partial charge in [0, 0.05) is 53.5 Å². The van der Waals surface area contributed by atoms with Crippen molar-refractivity contribution in [1.29, 1.82) is 0 Å². The number of hydrogen-bond donors (Lipinski definition) is 2. The first kappa shape index (κ1) is 28.7. The van der Waals surface area contributed by atoms with Crippen LogP contribution in [0.5, 0.6) is 5.88 Å². The van der Waals surface area contributed by atoms with Gasteiger partial charge in [-0.3, -0.25) is 14.6 Å². The highest BCUT2D eigenvalue weighted by atomic mass is 35.5. The van der Waals surface area contributed by atoms with Crippen LogP contribution in [0.4, 0.5) is 23.2 Å². The van der Waals surface area contributed by atoms with Crippen LogP contribution in [-0.4, -0.2) is 58.4 Å². The number of fused-ring (bicyclic) bond motifs is 1. The first-order valence-corrected chi connectivity index (χ1v) is 13.2. The third-order valence-corrected chi connectivity index (χ3v) is 8.22. The molecule has 2 amide bonds. The average Bonchev–Trinajstić information content (AvgIpc) is 3.16. The predicted molar refractivity (Wildman–Crippen MR) is 140 cm³/mol. The number of halogens is 5. The molecule has 216 valence electrons. The number of carbonyl (C=O) groups excluding carboxylic acids is 2. The summed E-state index contributed by atoms with van der Waals surface area (Å²) in [4.78, 5) is 35.1. The summed E-state index contributed by atoms with van der Waals surface area (Å²) in [5, 5.41) is 13.5. The number of alkyl halides is 3. The van der Waals surface area contributed by atoms with Crippen molar-refractivity contribution in [3.63, 3.8) is 0 Å². The summed E-state index contributed by atoms with van der Waals surface area (Å²) in [5.41, 5.74) is -3.07. The second kappa shape index (κ2) is 11.2. The van der Waals surface area contributed by atoms with Gasteiger partial charge in [-0.1, -0.05) is 0 Å². The number of nitrogens with zero attached hydrogens (tertiary/aromatic N) is 3. The van der Waals surface area contributed by atoms with Gasteiger partial charge in [0.15, 0.2) is 5.60 Å². The van der Waals surface area contributed by atoms with Crippen molar-refractivity contribution in [1.82, 2.24) is 15.3 Å². The molecule has 5 atom stereocenters. The van der Waals surface area contributed by atoms with Gasteiger partial charge in [-0.25, -0.2) is 22.5 Å². The predicted octanol–water partition coefficient (Wildman–Crippen LogP) is 4.04. The number of nitrogens with one attached hydrogen (secondary N) is 1. The van der Waals surface area contributed by atoms with Gasteiger partial charge in [-0.15, -0.1) is 11.6 Å². The average molecular weight is 593 g/mol. The number of amides is 2. The van der Waals surface area contributed by atoms with Gasteiger partial charge >= 0.3 is 0 Å². The number of aliphatic hydroxyl groups is 1. The lowest BCUT2D eigenvalue weighted by Crippen LogP contribution is -2.52. The first-order valence-electron chi connectivity index (χ1n) is 12.7. The van der Waals surface area contributed by atoms with E-state index in [2.05, 4.69) is 15.3 Å². The topological polar surface area (TPSA) is 105 Å². The molecule has 13 heteroatoms. The van der Waals surface area contributed by atoms with E-state index in [-0.39, 0.29) is 42.1 Å². The van der Waals surface area contributed by atoms with Crippen molar-refractivity contribution >= 4 is 29.1 Å². The summed E-state index contributed by atoms with van der Waals surface area (Å²) in [7, 11) is 1.26. The van der Waals surface area contributed by atoms with Crippen molar-refractivity contribution in [3.8, 4) is 5.88 Å². The molecule has 1 fully saturated rings. The van der Waals surface area contributed by atoms with Gasteiger partial charge in [0.05, 0.1) is 24.6 Å². The standard InChI is InChI=1S/C28H25ClF4N4O4/c1-41-24-9-18(21(31)12-35-24)28(40)19-8-16(30)4-5-23(19)37(27(28)39)13-15-7-17(25(32)33)22(10-20(15)29)36-26(38)14-3-2-6-34-11-14/h2-6,8-9,11-12,15,17,20,22,25,40H,7,10,13H2,1H3,(H,36,38)/t15-,17-,20-,22-,28+/m1/s1. The number of anilines is 1. The van der Waals surface area contributed by atoms with Crippen LogP contribution in [-0.2, 0) is 10.4 Å². The molecule has 1 saturated carbocycles. The van der Waals surface area contributed by atoms with Gasteiger partial charge in [0.25, 0.3) is 11.8 Å². The van der Waals surface area contributed by atoms with E-state index in [1.807, 2.05) is 0 Å². The molecule has 8 nitrogen and oxygen atoms in total. The maximum Gasteiger partial charge on any atom is 0.268 e.